The second-order valence-electron chi connectivity index (χ2n) is 3.56. The van der Waals surface area contributed by atoms with Crippen LogP contribution in [0.5, 0.6) is 0 Å². The Balaban J connectivity index is 0.00000162. The first-order valence-corrected chi connectivity index (χ1v) is 4.87. The number of rotatable bonds is 2. The third-order valence-electron chi connectivity index (χ3n) is 2.35. The van der Waals surface area contributed by atoms with E-state index in [-0.39, 0.29) is 43.5 Å². The van der Waals surface area contributed by atoms with Crippen LogP contribution in [0.25, 0.3) is 11.0 Å². The summed E-state index contributed by atoms with van der Waals surface area (Å²) in [6.45, 7) is -0.547. The number of alkyl halides is 3. The third-order valence-corrected chi connectivity index (χ3v) is 2.35. The molecular weight excluding hydrogens is 306 g/mol. The summed E-state index contributed by atoms with van der Waals surface area (Å²) in [5, 5.41) is 8.80. The van der Waals surface area contributed by atoms with Gasteiger partial charge < -0.3 is 15.4 Å². The molecule has 2 rings (SSSR count). The molecule has 4 nitrogen and oxygen atoms in total. The molecule has 108 valence electrons. The minimum atomic E-state index is -4.55. The fourth-order valence-corrected chi connectivity index (χ4v) is 1.69. The van der Waals surface area contributed by atoms with Gasteiger partial charge >= 0.3 is 6.18 Å². The van der Waals surface area contributed by atoms with Gasteiger partial charge in [-0.1, -0.05) is 0 Å². The summed E-state index contributed by atoms with van der Waals surface area (Å²) in [7, 11) is 0. The lowest BCUT2D eigenvalue weighted by atomic mass is 10.3. The molecule has 0 fully saturated rings. The topological polar surface area (TPSA) is 64.1 Å². The maximum absolute atomic E-state index is 12.7. The Morgan fingerprint density at radius 2 is 1.89 bits per heavy atom. The van der Waals surface area contributed by atoms with Crippen molar-refractivity contribution in [3.05, 3.63) is 24.0 Å². The van der Waals surface area contributed by atoms with Crippen LogP contribution in [-0.2, 0) is 12.7 Å². The van der Waals surface area contributed by atoms with Crippen LogP contribution in [0.1, 0.15) is 5.82 Å². The van der Waals surface area contributed by atoms with E-state index < -0.39 is 12.0 Å². The molecule has 1 aromatic carbocycles. The maximum atomic E-state index is 12.7. The van der Waals surface area contributed by atoms with Gasteiger partial charge in [0.2, 0.25) is 5.82 Å². The lowest BCUT2D eigenvalue weighted by Gasteiger charge is -2.09. The number of fused-ring (bicyclic) bond motifs is 1. The summed E-state index contributed by atoms with van der Waals surface area (Å²) in [6.07, 6.45) is -4.55. The van der Waals surface area contributed by atoms with E-state index >= 15 is 0 Å². The Morgan fingerprint density at radius 3 is 2.42 bits per heavy atom. The Kier molecular flexibility index (Phi) is 5.92. The van der Waals surface area contributed by atoms with Crippen LogP contribution in [0, 0.1) is 0 Å². The Bertz CT molecular complexity index is 557. The van der Waals surface area contributed by atoms with E-state index in [1.54, 1.807) is 0 Å². The molecule has 0 atom stereocenters. The summed E-state index contributed by atoms with van der Waals surface area (Å²) >= 11 is 0. The molecule has 0 unspecified atom stereocenters. The molecule has 0 saturated heterocycles. The molecule has 0 aliphatic carbocycles. The Morgan fingerprint density at radius 1 is 1.26 bits per heavy atom. The van der Waals surface area contributed by atoms with Gasteiger partial charge in [-0.15, -0.1) is 24.8 Å². The first-order chi connectivity index (χ1) is 7.93. The monoisotopic (exact) mass is 317 g/mol. The van der Waals surface area contributed by atoms with E-state index in [2.05, 4.69) is 4.98 Å². The quantitative estimate of drug-likeness (QED) is 0.836. The predicted molar refractivity (Wildman–Crippen MR) is 70.7 cm³/mol. The highest BCUT2D eigenvalue weighted by molar-refractivity contribution is 5.85. The summed E-state index contributed by atoms with van der Waals surface area (Å²) in [6, 6.07) is 4.33. The van der Waals surface area contributed by atoms with Gasteiger partial charge in [0.1, 0.15) is 0 Å². The summed E-state index contributed by atoms with van der Waals surface area (Å²) in [5.41, 5.74) is 6.31. The van der Waals surface area contributed by atoms with Crippen LogP contribution in [0.3, 0.4) is 0 Å². The largest absolute Gasteiger partial charge is 0.449 e. The number of hydrogen-bond donors (Lipinski definition) is 2. The first-order valence-electron chi connectivity index (χ1n) is 4.87. The third kappa shape index (κ3) is 3.43. The highest BCUT2D eigenvalue weighted by Crippen LogP contribution is 2.31. The van der Waals surface area contributed by atoms with E-state index in [9.17, 15) is 13.2 Å². The van der Waals surface area contributed by atoms with Crippen molar-refractivity contribution < 1.29 is 18.3 Å². The van der Waals surface area contributed by atoms with Gasteiger partial charge in [0.15, 0.2) is 0 Å². The van der Waals surface area contributed by atoms with Crippen molar-refractivity contribution in [1.82, 2.24) is 9.55 Å². The van der Waals surface area contributed by atoms with Gasteiger partial charge in [-0.3, -0.25) is 0 Å². The highest BCUT2D eigenvalue weighted by atomic mass is 35.5. The Hall–Kier alpha value is -1.18. The smallest absolute Gasteiger partial charge is 0.399 e. The number of aliphatic hydroxyl groups excluding tert-OH is 1. The zero-order valence-electron chi connectivity index (χ0n) is 9.52. The van der Waals surface area contributed by atoms with Crippen molar-refractivity contribution in [2.45, 2.75) is 12.7 Å². The number of nitrogen functional groups attached to an aromatic ring is 1. The minimum absolute atomic E-state index is 0. The number of aliphatic hydroxyl groups is 1. The SMILES string of the molecule is Cl.Cl.Nc1ccc2c(c1)nc(C(F)(F)F)n2CCO. The zero-order valence-corrected chi connectivity index (χ0v) is 11.1. The van der Waals surface area contributed by atoms with Crippen molar-refractivity contribution in [2.24, 2.45) is 0 Å². The number of halogens is 5. The van der Waals surface area contributed by atoms with Gasteiger partial charge in [-0.05, 0) is 18.2 Å². The molecule has 9 heteroatoms. The molecule has 0 bridgehead atoms. The van der Waals surface area contributed by atoms with Gasteiger partial charge in [-0.25, -0.2) is 4.98 Å². The lowest BCUT2D eigenvalue weighted by Crippen LogP contribution is -2.16. The van der Waals surface area contributed by atoms with Crippen LogP contribution in [0.2, 0.25) is 0 Å². The number of nitrogens with zero attached hydrogens (tertiary/aromatic N) is 2. The molecule has 1 heterocycles. The second kappa shape index (κ2) is 6.31. The van der Waals surface area contributed by atoms with E-state index in [1.807, 2.05) is 0 Å². The molecule has 0 saturated carbocycles. The van der Waals surface area contributed by atoms with E-state index in [0.717, 1.165) is 4.57 Å². The number of benzene rings is 1. The van der Waals surface area contributed by atoms with Crippen LogP contribution >= 0.6 is 24.8 Å². The zero-order chi connectivity index (χ0) is 12.6. The summed E-state index contributed by atoms with van der Waals surface area (Å²) < 4.78 is 39.1. The maximum Gasteiger partial charge on any atom is 0.449 e. The van der Waals surface area contributed by atoms with Crippen molar-refractivity contribution in [3.8, 4) is 0 Å². The van der Waals surface area contributed by atoms with Gasteiger partial charge in [0, 0.05) is 12.2 Å². The fraction of sp³-hybridized carbons (Fsp3) is 0.300. The molecule has 0 aliphatic rings. The predicted octanol–water partition coefficient (Wildman–Crippen LogP) is 2.47. The highest BCUT2D eigenvalue weighted by Gasteiger charge is 2.37. The normalized spacial score (nSPS) is 10.9. The van der Waals surface area contributed by atoms with Crippen molar-refractivity contribution >= 4 is 41.5 Å². The molecular formula is C10H12Cl2F3N3O. The van der Waals surface area contributed by atoms with Gasteiger partial charge in [-0.2, -0.15) is 13.2 Å². The van der Waals surface area contributed by atoms with Crippen molar-refractivity contribution in [1.29, 1.82) is 0 Å². The number of aromatic nitrogens is 2. The number of nitrogens with two attached hydrogens (primary N) is 1. The Labute approximate surface area is 119 Å². The van der Waals surface area contributed by atoms with Crippen LogP contribution in [0.15, 0.2) is 18.2 Å². The van der Waals surface area contributed by atoms with E-state index in [1.165, 1.54) is 18.2 Å². The molecule has 19 heavy (non-hydrogen) atoms. The van der Waals surface area contributed by atoms with Crippen LogP contribution in [0.4, 0.5) is 18.9 Å². The molecule has 2 aromatic rings. The van der Waals surface area contributed by atoms with E-state index in [0.29, 0.717) is 11.2 Å². The molecule has 0 spiro atoms. The van der Waals surface area contributed by atoms with Crippen LogP contribution < -0.4 is 5.73 Å². The number of imidazole rings is 1. The molecule has 0 aliphatic heterocycles. The van der Waals surface area contributed by atoms with Gasteiger partial charge in [0.25, 0.3) is 0 Å². The first kappa shape index (κ1) is 17.8. The second-order valence-corrected chi connectivity index (χ2v) is 3.56. The molecule has 3 N–H and O–H groups in total. The van der Waals surface area contributed by atoms with Crippen LogP contribution in [-0.4, -0.2) is 21.3 Å². The molecule has 0 radical (unpaired) electrons. The van der Waals surface area contributed by atoms with Crippen molar-refractivity contribution in [2.75, 3.05) is 12.3 Å². The average molecular weight is 318 g/mol. The molecule has 1 aromatic heterocycles. The lowest BCUT2D eigenvalue weighted by molar-refractivity contribution is -0.147. The number of anilines is 1. The summed E-state index contributed by atoms with van der Waals surface area (Å²) in [4.78, 5) is 3.51. The molecule has 0 amide bonds. The van der Waals surface area contributed by atoms with Gasteiger partial charge in [0.05, 0.1) is 17.6 Å². The average Bonchev–Trinajstić information content (AvgIpc) is 2.56. The standard InChI is InChI=1S/C10H10F3N3O.2ClH/c11-10(12,13)9-15-7-5-6(14)1-2-8(7)16(9)3-4-17;;/h1-2,5,17H,3-4,14H2;2*1H. The van der Waals surface area contributed by atoms with E-state index in [4.69, 9.17) is 10.8 Å². The minimum Gasteiger partial charge on any atom is -0.399 e. The number of hydrogen-bond acceptors (Lipinski definition) is 3. The summed E-state index contributed by atoms with van der Waals surface area (Å²) in [5.74, 6) is -1.02. The fourth-order valence-electron chi connectivity index (χ4n) is 1.69. The van der Waals surface area contributed by atoms with Crippen molar-refractivity contribution in [3.63, 3.8) is 0 Å².